The number of thiazole rings is 1. The average molecular weight is 263 g/mol. The lowest BCUT2D eigenvalue weighted by Crippen LogP contribution is -1.85. The molecule has 3 nitrogen and oxygen atoms in total. The molecule has 0 bridgehead atoms. The lowest BCUT2D eigenvalue weighted by atomic mass is 10.1. The predicted octanol–water partition coefficient (Wildman–Crippen LogP) is 3.36. The first kappa shape index (κ1) is 12.4. The number of carbonyl (C=O) groups is 1. The minimum atomic E-state index is -1.01. The van der Waals surface area contributed by atoms with Gasteiger partial charge in [0.05, 0.1) is 5.69 Å². The number of rotatable bonds is 3. The number of carboxylic acids is 1. The molecule has 2 rings (SSSR count). The van der Waals surface area contributed by atoms with Gasteiger partial charge in [0.15, 0.2) is 0 Å². The molecule has 1 heterocycles. The second kappa shape index (κ2) is 5.10. The van der Waals surface area contributed by atoms with Crippen LogP contribution in [0.1, 0.15) is 9.88 Å². The number of halogens is 1. The minimum Gasteiger partial charge on any atom is -0.478 e. The van der Waals surface area contributed by atoms with E-state index < -0.39 is 5.97 Å². The molecule has 0 radical (unpaired) electrons. The Morgan fingerprint density at radius 2 is 2.06 bits per heavy atom. The summed E-state index contributed by atoms with van der Waals surface area (Å²) in [4.78, 5) is 15.7. The van der Waals surface area contributed by atoms with Gasteiger partial charge >= 0.3 is 5.97 Å². The average Bonchev–Trinajstić information content (AvgIpc) is 2.69. The summed E-state index contributed by atoms with van der Waals surface area (Å²) in [5.41, 5.74) is 1.57. The fourth-order valence-electron chi connectivity index (χ4n) is 1.51. The van der Waals surface area contributed by atoms with E-state index in [0.29, 0.717) is 5.01 Å². The highest BCUT2D eigenvalue weighted by Gasteiger charge is 2.08. The summed E-state index contributed by atoms with van der Waals surface area (Å²) >= 11 is 1.40. The first-order chi connectivity index (χ1) is 8.56. The highest BCUT2D eigenvalue weighted by atomic mass is 32.1. The van der Waals surface area contributed by atoms with Crippen LogP contribution in [0, 0.1) is 12.7 Å². The maximum Gasteiger partial charge on any atom is 0.328 e. The molecule has 1 aromatic carbocycles. The van der Waals surface area contributed by atoms with Gasteiger partial charge in [0.25, 0.3) is 0 Å². The molecule has 5 heteroatoms. The second-order valence-corrected chi connectivity index (χ2v) is 4.87. The van der Waals surface area contributed by atoms with Gasteiger partial charge in [-0.15, -0.1) is 11.3 Å². The van der Waals surface area contributed by atoms with Crippen LogP contribution in [0.4, 0.5) is 4.39 Å². The van der Waals surface area contributed by atoms with Crippen molar-refractivity contribution in [1.82, 2.24) is 4.98 Å². The van der Waals surface area contributed by atoms with Gasteiger partial charge in [-0.05, 0) is 37.3 Å². The fourth-order valence-corrected chi connectivity index (χ4v) is 2.35. The molecule has 0 fully saturated rings. The second-order valence-electron chi connectivity index (χ2n) is 3.64. The fraction of sp³-hybridized carbons (Fsp3) is 0.0769. The van der Waals surface area contributed by atoms with Crippen molar-refractivity contribution in [3.05, 3.63) is 46.0 Å². The van der Waals surface area contributed by atoms with Gasteiger partial charge in [-0.3, -0.25) is 0 Å². The van der Waals surface area contributed by atoms with E-state index in [9.17, 15) is 9.18 Å². The molecule has 0 atom stereocenters. The Morgan fingerprint density at radius 1 is 1.39 bits per heavy atom. The Bertz CT molecular complexity index is 602. The molecule has 0 aliphatic heterocycles. The molecule has 0 amide bonds. The van der Waals surface area contributed by atoms with E-state index in [4.69, 9.17) is 5.11 Å². The molecule has 0 saturated heterocycles. The molecule has 18 heavy (non-hydrogen) atoms. The third kappa shape index (κ3) is 2.81. The van der Waals surface area contributed by atoms with E-state index in [1.54, 1.807) is 12.1 Å². The van der Waals surface area contributed by atoms with Crippen molar-refractivity contribution in [1.29, 1.82) is 0 Å². The normalized spacial score (nSPS) is 11.0. The number of carboxylic acid groups (broad SMARTS) is 1. The number of hydrogen-bond acceptors (Lipinski definition) is 3. The molecule has 0 unspecified atom stereocenters. The summed E-state index contributed by atoms with van der Waals surface area (Å²) in [5, 5.41) is 9.17. The summed E-state index contributed by atoms with van der Waals surface area (Å²) < 4.78 is 12.8. The third-order valence-electron chi connectivity index (χ3n) is 2.30. The highest BCUT2D eigenvalue weighted by molar-refractivity contribution is 7.12. The standard InChI is InChI=1S/C13H10FNO2S/c1-8-13(9-2-4-10(14)5-3-9)15-11(18-8)6-7-12(16)17/h2-7H,1H3,(H,16,17)/b7-6+. The van der Waals surface area contributed by atoms with E-state index in [1.165, 1.54) is 29.5 Å². The number of aromatic nitrogens is 1. The van der Waals surface area contributed by atoms with Gasteiger partial charge in [-0.25, -0.2) is 14.2 Å². The number of aliphatic carboxylic acids is 1. The molecule has 0 aliphatic carbocycles. The molecule has 92 valence electrons. The summed E-state index contributed by atoms with van der Waals surface area (Å²) in [6, 6.07) is 6.06. The van der Waals surface area contributed by atoms with Crippen LogP contribution in [0.15, 0.2) is 30.3 Å². The van der Waals surface area contributed by atoms with Gasteiger partial charge in [0, 0.05) is 16.5 Å². The Labute approximate surface area is 107 Å². The first-order valence-electron chi connectivity index (χ1n) is 5.20. The highest BCUT2D eigenvalue weighted by Crippen LogP contribution is 2.28. The van der Waals surface area contributed by atoms with Crippen LogP contribution in [-0.2, 0) is 4.79 Å². The SMILES string of the molecule is Cc1sc(/C=C/C(=O)O)nc1-c1ccc(F)cc1. The first-order valence-corrected chi connectivity index (χ1v) is 6.02. The molecule has 0 spiro atoms. The molecule has 1 N–H and O–H groups in total. The van der Waals surface area contributed by atoms with Crippen molar-refractivity contribution >= 4 is 23.4 Å². The summed E-state index contributed by atoms with van der Waals surface area (Å²) in [7, 11) is 0. The third-order valence-corrected chi connectivity index (χ3v) is 3.24. The summed E-state index contributed by atoms with van der Waals surface area (Å²) in [5.74, 6) is -1.30. The van der Waals surface area contributed by atoms with Gasteiger partial charge in [0.2, 0.25) is 0 Å². The van der Waals surface area contributed by atoms with Crippen LogP contribution >= 0.6 is 11.3 Å². The van der Waals surface area contributed by atoms with Crippen molar-refractivity contribution in [3.63, 3.8) is 0 Å². The molecule has 0 aliphatic rings. The monoisotopic (exact) mass is 263 g/mol. The minimum absolute atomic E-state index is 0.294. The number of aryl methyl sites for hydroxylation is 1. The Balaban J connectivity index is 2.34. The van der Waals surface area contributed by atoms with Crippen LogP contribution in [0.5, 0.6) is 0 Å². The Kier molecular flexibility index (Phi) is 3.53. The molecule has 2 aromatic rings. The zero-order chi connectivity index (χ0) is 13.1. The van der Waals surface area contributed by atoms with Gasteiger partial charge in [-0.2, -0.15) is 0 Å². The van der Waals surface area contributed by atoms with Crippen LogP contribution < -0.4 is 0 Å². The maximum atomic E-state index is 12.8. The van der Waals surface area contributed by atoms with E-state index in [1.807, 2.05) is 6.92 Å². The van der Waals surface area contributed by atoms with Crippen LogP contribution in [0.25, 0.3) is 17.3 Å². The van der Waals surface area contributed by atoms with Gasteiger partial charge in [-0.1, -0.05) is 0 Å². The quantitative estimate of drug-likeness (QED) is 0.864. The van der Waals surface area contributed by atoms with Crippen LogP contribution in [0.3, 0.4) is 0 Å². The summed E-state index contributed by atoms with van der Waals surface area (Å²) in [6.07, 6.45) is 2.50. The predicted molar refractivity (Wildman–Crippen MR) is 68.9 cm³/mol. The van der Waals surface area contributed by atoms with Gasteiger partial charge < -0.3 is 5.11 Å². The molecule has 1 aromatic heterocycles. The summed E-state index contributed by atoms with van der Waals surface area (Å²) in [6.45, 7) is 1.90. The van der Waals surface area contributed by atoms with Crippen LogP contribution in [0.2, 0.25) is 0 Å². The largest absolute Gasteiger partial charge is 0.478 e. The Hall–Kier alpha value is -2.01. The molecular weight excluding hydrogens is 253 g/mol. The molecular formula is C13H10FNO2S. The lowest BCUT2D eigenvalue weighted by molar-refractivity contribution is -0.131. The zero-order valence-electron chi connectivity index (χ0n) is 9.55. The van der Waals surface area contributed by atoms with E-state index in [2.05, 4.69) is 4.98 Å². The van der Waals surface area contributed by atoms with E-state index in [0.717, 1.165) is 22.2 Å². The van der Waals surface area contributed by atoms with E-state index >= 15 is 0 Å². The smallest absolute Gasteiger partial charge is 0.328 e. The van der Waals surface area contributed by atoms with E-state index in [-0.39, 0.29) is 5.82 Å². The lowest BCUT2D eigenvalue weighted by Gasteiger charge is -1.97. The topological polar surface area (TPSA) is 50.2 Å². The Morgan fingerprint density at radius 3 is 2.67 bits per heavy atom. The van der Waals surface area contributed by atoms with Crippen LogP contribution in [-0.4, -0.2) is 16.1 Å². The number of nitrogens with zero attached hydrogens (tertiary/aromatic N) is 1. The molecule has 0 saturated carbocycles. The van der Waals surface area contributed by atoms with Crippen molar-refractivity contribution < 1.29 is 14.3 Å². The number of hydrogen-bond donors (Lipinski definition) is 1. The zero-order valence-corrected chi connectivity index (χ0v) is 10.4. The van der Waals surface area contributed by atoms with Crippen molar-refractivity contribution in [2.45, 2.75) is 6.92 Å². The van der Waals surface area contributed by atoms with Gasteiger partial charge in [0.1, 0.15) is 10.8 Å². The maximum absolute atomic E-state index is 12.8. The van der Waals surface area contributed by atoms with Crippen molar-refractivity contribution in [2.24, 2.45) is 0 Å². The number of benzene rings is 1. The van der Waals surface area contributed by atoms with Crippen molar-refractivity contribution in [3.8, 4) is 11.3 Å². The van der Waals surface area contributed by atoms with Crippen molar-refractivity contribution in [2.75, 3.05) is 0 Å².